The molecule has 1 aliphatic rings. The van der Waals surface area contributed by atoms with Crippen LogP contribution in [0.2, 0.25) is 0 Å². The van der Waals surface area contributed by atoms with Gasteiger partial charge < -0.3 is 22.1 Å². The Morgan fingerprint density at radius 2 is 1.65 bits per heavy atom. The molecule has 0 aliphatic heterocycles. The van der Waals surface area contributed by atoms with Gasteiger partial charge in [-0.2, -0.15) is 0 Å². The first-order valence-corrected chi connectivity index (χ1v) is 11.1. The maximum atomic E-state index is 13.4. The van der Waals surface area contributed by atoms with Crippen LogP contribution in [0, 0.1) is 0 Å². The highest BCUT2D eigenvalue weighted by Gasteiger charge is 2.57. The Morgan fingerprint density at radius 3 is 2.23 bits per heavy atom. The predicted molar refractivity (Wildman–Crippen MR) is 119 cm³/mol. The van der Waals surface area contributed by atoms with Gasteiger partial charge in [0.15, 0.2) is 15.7 Å². The Bertz CT molecular complexity index is 1240. The maximum Gasteiger partial charge on any atom is 0.318 e. The molecule has 1 saturated carbocycles. The highest BCUT2D eigenvalue weighted by atomic mass is 32.2. The standard InChI is InChI=1S/C21H22N6O3S/c1-24-20(28)25-15-6-2-13(3-7-15)19-26-17(12-18(23)27-19)21(10-11-21)31(29,30)16-8-4-14(22)5-9-16/h2-9,12H,10-11,22H2,1H3,(H2,23,26,27)(H2,24,25,28). The molecule has 1 aromatic heterocycles. The van der Waals surface area contributed by atoms with Crippen molar-refractivity contribution < 1.29 is 13.2 Å². The Hall–Kier alpha value is -3.66. The lowest BCUT2D eigenvalue weighted by atomic mass is 10.1. The summed E-state index contributed by atoms with van der Waals surface area (Å²) in [5.41, 5.74) is 13.8. The van der Waals surface area contributed by atoms with Crippen LogP contribution in [0.15, 0.2) is 59.5 Å². The van der Waals surface area contributed by atoms with Crippen molar-refractivity contribution >= 4 is 33.1 Å². The second kappa shape index (κ2) is 7.55. The Morgan fingerprint density at radius 1 is 1.00 bits per heavy atom. The fourth-order valence-corrected chi connectivity index (χ4v) is 5.34. The van der Waals surface area contributed by atoms with Gasteiger partial charge in [-0.05, 0) is 61.4 Å². The number of carbonyl (C=O) groups excluding carboxylic acids is 1. The number of hydrogen-bond acceptors (Lipinski definition) is 7. The Balaban J connectivity index is 1.70. The van der Waals surface area contributed by atoms with E-state index in [1.165, 1.54) is 25.2 Å². The second-order valence-corrected chi connectivity index (χ2v) is 9.61. The third kappa shape index (κ3) is 3.77. The molecule has 4 rings (SSSR count). The quantitative estimate of drug-likeness (QED) is 0.446. The van der Waals surface area contributed by atoms with Crippen LogP contribution < -0.4 is 22.1 Å². The smallest absolute Gasteiger partial charge is 0.318 e. The lowest BCUT2D eigenvalue weighted by Gasteiger charge is -2.17. The number of nitrogens with one attached hydrogen (secondary N) is 2. The van der Waals surface area contributed by atoms with E-state index in [-0.39, 0.29) is 16.7 Å². The van der Waals surface area contributed by atoms with E-state index in [1.54, 1.807) is 36.4 Å². The molecule has 0 bridgehead atoms. The van der Waals surface area contributed by atoms with E-state index in [0.29, 0.717) is 41.3 Å². The van der Waals surface area contributed by atoms with Gasteiger partial charge in [-0.25, -0.2) is 23.2 Å². The summed E-state index contributed by atoms with van der Waals surface area (Å²) < 4.78 is 25.6. The van der Waals surface area contributed by atoms with Gasteiger partial charge in [0.25, 0.3) is 0 Å². The Labute approximate surface area is 179 Å². The molecule has 9 nitrogen and oxygen atoms in total. The van der Waals surface area contributed by atoms with E-state index >= 15 is 0 Å². The van der Waals surface area contributed by atoms with Crippen molar-refractivity contribution in [1.82, 2.24) is 15.3 Å². The number of carbonyl (C=O) groups is 1. The van der Waals surface area contributed by atoms with Crippen molar-refractivity contribution in [3.05, 3.63) is 60.3 Å². The minimum absolute atomic E-state index is 0.186. The summed E-state index contributed by atoms with van der Waals surface area (Å²) in [7, 11) is -2.17. The van der Waals surface area contributed by atoms with Gasteiger partial charge in [-0.3, -0.25) is 0 Å². The SMILES string of the molecule is CNC(=O)Nc1ccc(-c2nc(N)cc(C3(S(=O)(=O)c4ccc(N)cc4)CC3)n2)cc1. The number of sulfone groups is 1. The van der Waals surface area contributed by atoms with Crippen LogP contribution in [-0.2, 0) is 14.6 Å². The average Bonchev–Trinajstić information content (AvgIpc) is 3.57. The molecule has 160 valence electrons. The summed E-state index contributed by atoms with van der Waals surface area (Å²) in [6.07, 6.45) is 0.898. The minimum atomic E-state index is -3.69. The van der Waals surface area contributed by atoms with Gasteiger partial charge in [0, 0.05) is 30.1 Å². The van der Waals surface area contributed by atoms with E-state index in [4.69, 9.17) is 11.5 Å². The number of rotatable bonds is 5. The molecule has 0 spiro atoms. The molecule has 0 unspecified atom stereocenters. The van der Waals surface area contributed by atoms with Gasteiger partial charge in [0.2, 0.25) is 0 Å². The molecular weight excluding hydrogens is 416 g/mol. The van der Waals surface area contributed by atoms with E-state index in [2.05, 4.69) is 20.6 Å². The normalized spacial score (nSPS) is 14.6. The molecule has 1 aliphatic carbocycles. The van der Waals surface area contributed by atoms with Crippen LogP contribution in [0.25, 0.3) is 11.4 Å². The van der Waals surface area contributed by atoms with Crippen molar-refractivity contribution in [3.63, 3.8) is 0 Å². The molecule has 1 heterocycles. The monoisotopic (exact) mass is 438 g/mol. The number of urea groups is 1. The molecule has 31 heavy (non-hydrogen) atoms. The molecule has 6 N–H and O–H groups in total. The fraction of sp³-hybridized carbons (Fsp3) is 0.190. The molecule has 0 saturated heterocycles. The van der Waals surface area contributed by atoms with Crippen LogP contribution in [0.4, 0.5) is 22.0 Å². The highest BCUT2D eigenvalue weighted by Crippen LogP contribution is 2.55. The minimum Gasteiger partial charge on any atom is -0.399 e. The van der Waals surface area contributed by atoms with Crippen LogP contribution >= 0.6 is 0 Å². The number of anilines is 3. The zero-order chi connectivity index (χ0) is 22.2. The molecule has 2 aromatic carbocycles. The zero-order valence-corrected chi connectivity index (χ0v) is 17.6. The first-order chi connectivity index (χ1) is 14.7. The third-order valence-corrected chi connectivity index (χ3v) is 7.79. The van der Waals surface area contributed by atoms with Crippen molar-refractivity contribution in [2.24, 2.45) is 0 Å². The number of amides is 2. The molecular formula is C21H22N6O3S. The second-order valence-electron chi connectivity index (χ2n) is 7.35. The molecule has 2 amide bonds. The van der Waals surface area contributed by atoms with Crippen molar-refractivity contribution in [1.29, 1.82) is 0 Å². The zero-order valence-electron chi connectivity index (χ0n) is 16.8. The first-order valence-electron chi connectivity index (χ1n) is 9.59. The van der Waals surface area contributed by atoms with E-state index in [0.717, 1.165) is 0 Å². The Kier molecular flexibility index (Phi) is 5.02. The van der Waals surface area contributed by atoms with Crippen molar-refractivity contribution in [3.8, 4) is 11.4 Å². The lowest BCUT2D eigenvalue weighted by molar-refractivity contribution is 0.254. The number of hydrogen-bond donors (Lipinski definition) is 4. The fourth-order valence-electron chi connectivity index (χ4n) is 3.37. The predicted octanol–water partition coefficient (Wildman–Crippen LogP) is 2.52. The third-order valence-electron chi connectivity index (χ3n) is 5.25. The average molecular weight is 439 g/mol. The summed E-state index contributed by atoms with van der Waals surface area (Å²) >= 11 is 0. The van der Waals surface area contributed by atoms with Gasteiger partial charge in [0.05, 0.1) is 10.6 Å². The number of nitrogens with two attached hydrogens (primary N) is 2. The summed E-state index contributed by atoms with van der Waals surface area (Å²) in [5, 5.41) is 5.14. The number of nitrogen functional groups attached to an aromatic ring is 2. The van der Waals surface area contributed by atoms with E-state index < -0.39 is 14.6 Å². The molecule has 1 fully saturated rings. The van der Waals surface area contributed by atoms with Gasteiger partial charge >= 0.3 is 6.03 Å². The summed E-state index contributed by atoms with van der Waals surface area (Å²) in [6, 6.07) is 14.2. The van der Waals surface area contributed by atoms with Crippen molar-refractivity contribution in [2.45, 2.75) is 22.5 Å². The van der Waals surface area contributed by atoms with Gasteiger partial charge in [-0.1, -0.05) is 0 Å². The number of benzene rings is 2. The van der Waals surface area contributed by atoms with Crippen LogP contribution in [0.1, 0.15) is 18.5 Å². The van der Waals surface area contributed by atoms with E-state index in [1.807, 2.05) is 0 Å². The largest absolute Gasteiger partial charge is 0.399 e. The molecule has 10 heteroatoms. The summed E-state index contributed by atoms with van der Waals surface area (Å²) in [4.78, 5) is 20.5. The van der Waals surface area contributed by atoms with Crippen LogP contribution in [0.3, 0.4) is 0 Å². The van der Waals surface area contributed by atoms with E-state index in [9.17, 15) is 13.2 Å². The van der Waals surface area contributed by atoms with Gasteiger partial charge in [-0.15, -0.1) is 0 Å². The molecule has 0 atom stereocenters. The van der Waals surface area contributed by atoms with Crippen LogP contribution in [0.5, 0.6) is 0 Å². The molecule has 0 radical (unpaired) electrons. The number of aromatic nitrogens is 2. The highest BCUT2D eigenvalue weighted by molar-refractivity contribution is 7.92. The maximum absolute atomic E-state index is 13.4. The van der Waals surface area contributed by atoms with Crippen LogP contribution in [-0.4, -0.2) is 31.5 Å². The van der Waals surface area contributed by atoms with Crippen molar-refractivity contribution in [2.75, 3.05) is 23.8 Å². The summed E-state index contributed by atoms with van der Waals surface area (Å²) in [5.74, 6) is 0.506. The number of nitrogens with zero attached hydrogens (tertiary/aromatic N) is 2. The summed E-state index contributed by atoms with van der Waals surface area (Å²) in [6.45, 7) is 0. The first kappa shape index (κ1) is 20.6. The van der Waals surface area contributed by atoms with Gasteiger partial charge in [0.1, 0.15) is 10.6 Å². The lowest BCUT2D eigenvalue weighted by Crippen LogP contribution is -2.24. The topological polar surface area (TPSA) is 153 Å². The molecule has 3 aromatic rings.